The molecule has 0 saturated carbocycles. The van der Waals surface area contributed by atoms with Gasteiger partial charge in [0.2, 0.25) is 0 Å². The first-order valence-corrected chi connectivity index (χ1v) is 5.91. The third-order valence-electron chi connectivity index (χ3n) is 2.78. The second-order valence-corrected chi connectivity index (χ2v) is 4.28. The molecule has 2 heterocycles. The molecule has 2 N–H and O–H groups in total. The number of para-hydroxylation sites is 1. The van der Waals surface area contributed by atoms with Crippen LogP contribution in [0.2, 0.25) is 0 Å². The van der Waals surface area contributed by atoms with Crippen LogP contribution in [0.1, 0.15) is 16.2 Å². The molecule has 0 fully saturated rings. The summed E-state index contributed by atoms with van der Waals surface area (Å²) in [7, 11) is 0. The van der Waals surface area contributed by atoms with Gasteiger partial charge in [-0.05, 0) is 31.2 Å². The van der Waals surface area contributed by atoms with Gasteiger partial charge in [0.15, 0.2) is 5.69 Å². The fourth-order valence-corrected chi connectivity index (χ4v) is 1.85. The van der Waals surface area contributed by atoms with Crippen LogP contribution in [-0.2, 0) is 0 Å². The number of fused-ring (bicyclic) bond motifs is 1. The first kappa shape index (κ1) is 11.4. The average Bonchev–Trinajstić information content (AvgIpc) is 2.85. The van der Waals surface area contributed by atoms with E-state index in [1.54, 1.807) is 12.1 Å². The van der Waals surface area contributed by atoms with E-state index >= 15 is 0 Å². The summed E-state index contributed by atoms with van der Waals surface area (Å²) >= 11 is 0. The molecule has 3 aromatic rings. The number of nitrogens with zero attached hydrogens (tertiary/aromatic N) is 2. The predicted octanol–water partition coefficient (Wildman–Crippen LogP) is 2.52. The van der Waals surface area contributed by atoms with Gasteiger partial charge in [-0.25, -0.2) is 4.98 Å². The molecule has 1 aromatic carbocycles. The topological polar surface area (TPSA) is 70.7 Å². The zero-order chi connectivity index (χ0) is 13.2. The Labute approximate surface area is 109 Å². The number of anilines is 1. The van der Waals surface area contributed by atoms with Crippen molar-refractivity contribution in [2.24, 2.45) is 0 Å². The number of aromatic nitrogens is 3. The van der Waals surface area contributed by atoms with Gasteiger partial charge in [-0.2, -0.15) is 5.10 Å². The van der Waals surface area contributed by atoms with E-state index in [9.17, 15) is 4.79 Å². The van der Waals surface area contributed by atoms with E-state index in [-0.39, 0.29) is 5.91 Å². The number of carbonyl (C=O) groups excluding carboxylic acids is 1. The van der Waals surface area contributed by atoms with E-state index in [4.69, 9.17) is 0 Å². The van der Waals surface area contributed by atoms with Crippen LogP contribution in [0.3, 0.4) is 0 Å². The summed E-state index contributed by atoms with van der Waals surface area (Å²) in [6, 6.07) is 13.1. The standard InChI is InChI=1S/C14H12N4O/c1-9-8-12(18-17-9)14(19)16-13-7-6-10-4-2-3-5-11(10)15-13/h2-8H,1H3,(H,17,18)(H,15,16,19). The molecule has 0 atom stereocenters. The summed E-state index contributed by atoms with van der Waals surface area (Å²) in [5.74, 6) is 0.247. The first-order chi connectivity index (χ1) is 9.22. The molecule has 5 nitrogen and oxygen atoms in total. The van der Waals surface area contributed by atoms with Crippen LogP contribution in [0.5, 0.6) is 0 Å². The smallest absolute Gasteiger partial charge is 0.277 e. The maximum Gasteiger partial charge on any atom is 0.277 e. The highest BCUT2D eigenvalue weighted by Crippen LogP contribution is 2.15. The Kier molecular flexibility index (Phi) is 2.72. The second kappa shape index (κ2) is 4.53. The lowest BCUT2D eigenvalue weighted by Crippen LogP contribution is -2.13. The Bertz CT molecular complexity index is 748. The third kappa shape index (κ3) is 2.30. The van der Waals surface area contributed by atoms with Gasteiger partial charge < -0.3 is 5.32 Å². The van der Waals surface area contributed by atoms with E-state index < -0.39 is 0 Å². The third-order valence-corrected chi connectivity index (χ3v) is 2.78. The van der Waals surface area contributed by atoms with Crippen molar-refractivity contribution in [2.45, 2.75) is 6.92 Å². The van der Waals surface area contributed by atoms with Gasteiger partial charge in [-0.15, -0.1) is 0 Å². The van der Waals surface area contributed by atoms with Crippen molar-refractivity contribution in [3.63, 3.8) is 0 Å². The van der Waals surface area contributed by atoms with Crippen molar-refractivity contribution < 1.29 is 4.79 Å². The number of pyridine rings is 1. The SMILES string of the molecule is Cc1cc(C(=O)Nc2ccc3ccccc3n2)n[nH]1. The molecule has 2 aromatic heterocycles. The highest BCUT2D eigenvalue weighted by Gasteiger charge is 2.10. The molecule has 0 unspecified atom stereocenters. The quantitative estimate of drug-likeness (QED) is 0.736. The number of nitrogens with one attached hydrogen (secondary N) is 2. The largest absolute Gasteiger partial charge is 0.305 e. The molecule has 3 rings (SSSR count). The number of hydrogen-bond acceptors (Lipinski definition) is 3. The van der Waals surface area contributed by atoms with Gasteiger partial charge in [-0.3, -0.25) is 9.89 Å². The molecule has 0 radical (unpaired) electrons. The number of hydrogen-bond donors (Lipinski definition) is 2. The van der Waals surface area contributed by atoms with Crippen LogP contribution in [0.15, 0.2) is 42.5 Å². The van der Waals surface area contributed by atoms with Gasteiger partial charge in [0.25, 0.3) is 5.91 Å². The van der Waals surface area contributed by atoms with Gasteiger partial charge in [0, 0.05) is 11.1 Å². The normalized spacial score (nSPS) is 10.6. The molecule has 0 saturated heterocycles. The van der Waals surface area contributed by atoms with Crippen LogP contribution < -0.4 is 5.32 Å². The summed E-state index contributed by atoms with van der Waals surface area (Å²) in [5, 5.41) is 10.4. The molecule has 5 heteroatoms. The summed E-state index contributed by atoms with van der Waals surface area (Å²) < 4.78 is 0. The molecule has 0 aliphatic carbocycles. The van der Waals surface area contributed by atoms with Crippen molar-refractivity contribution in [1.82, 2.24) is 15.2 Å². The molecule has 94 valence electrons. The van der Waals surface area contributed by atoms with Crippen molar-refractivity contribution in [1.29, 1.82) is 0 Å². The van der Waals surface area contributed by atoms with Gasteiger partial charge in [0.05, 0.1) is 5.52 Å². The number of aryl methyl sites for hydroxylation is 1. The maximum absolute atomic E-state index is 11.9. The summed E-state index contributed by atoms with van der Waals surface area (Å²) in [5.41, 5.74) is 2.04. The molecule has 0 aliphatic heterocycles. The van der Waals surface area contributed by atoms with Crippen LogP contribution in [0.25, 0.3) is 10.9 Å². The average molecular weight is 252 g/mol. The summed E-state index contributed by atoms with van der Waals surface area (Å²) in [6.07, 6.45) is 0. The minimum absolute atomic E-state index is 0.271. The number of H-pyrrole nitrogens is 1. The Morgan fingerprint density at radius 3 is 2.84 bits per heavy atom. The van der Waals surface area contributed by atoms with E-state index in [1.807, 2.05) is 37.3 Å². The maximum atomic E-state index is 11.9. The molecule has 0 bridgehead atoms. The molecule has 19 heavy (non-hydrogen) atoms. The van der Waals surface area contributed by atoms with Gasteiger partial charge in [0.1, 0.15) is 5.82 Å². The van der Waals surface area contributed by atoms with Crippen molar-refractivity contribution in [2.75, 3.05) is 5.32 Å². The van der Waals surface area contributed by atoms with E-state index in [0.717, 1.165) is 16.6 Å². The van der Waals surface area contributed by atoms with Crippen LogP contribution in [-0.4, -0.2) is 21.1 Å². The number of rotatable bonds is 2. The Hall–Kier alpha value is -2.69. The second-order valence-electron chi connectivity index (χ2n) is 4.28. The number of benzene rings is 1. The van der Waals surface area contributed by atoms with Crippen molar-refractivity contribution in [3.8, 4) is 0 Å². The van der Waals surface area contributed by atoms with Crippen molar-refractivity contribution >= 4 is 22.6 Å². The molecular weight excluding hydrogens is 240 g/mol. The Morgan fingerprint density at radius 2 is 2.05 bits per heavy atom. The zero-order valence-corrected chi connectivity index (χ0v) is 10.3. The van der Waals surface area contributed by atoms with Crippen LogP contribution in [0, 0.1) is 6.92 Å². The minimum atomic E-state index is -0.271. The number of aromatic amines is 1. The fraction of sp³-hybridized carbons (Fsp3) is 0.0714. The highest BCUT2D eigenvalue weighted by molar-refractivity contribution is 6.02. The number of amides is 1. The minimum Gasteiger partial charge on any atom is -0.305 e. The van der Waals surface area contributed by atoms with Crippen LogP contribution >= 0.6 is 0 Å². The summed E-state index contributed by atoms with van der Waals surface area (Å²) in [4.78, 5) is 16.3. The Balaban J connectivity index is 1.87. The molecular formula is C14H12N4O. The lowest BCUT2D eigenvalue weighted by molar-refractivity contribution is 0.102. The van der Waals surface area contributed by atoms with E-state index in [2.05, 4.69) is 20.5 Å². The highest BCUT2D eigenvalue weighted by atomic mass is 16.2. The molecule has 0 spiro atoms. The molecule has 1 amide bonds. The van der Waals surface area contributed by atoms with E-state index in [0.29, 0.717) is 11.5 Å². The number of carbonyl (C=O) groups is 1. The van der Waals surface area contributed by atoms with E-state index in [1.165, 1.54) is 0 Å². The van der Waals surface area contributed by atoms with Gasteiger partial charge >= 0.3 is 0 Å². The lowest BCUT2D eigenvalue weighted by Gasteiger charge is -2.03. The van der Waals surface area contributed by atoms with Crippen molar-refractivity contribution in [3.05, 3.63) is 53.9 Å². The molecule has 0 aliphatic rings. The Morgan fingerprint density at radius 1 is 1.21 bits per heavy atom. The first-order valence-electron chi connectivity index (χ1n) is 5.91. The van der Waals surface area contributed by atoms with Gasteiger partial charge in [-0.1, -0.05) is 18.2 Å². The summed E-state index contributed by atoms with van der Waals surface area (Å²) in [6.45, 7) is 1.85. The fourth-order valence-electron chi connectivity index (χ4n) is 1.85. The lowest BCUT2D eigenvalue weighted by atomic mass is 10.2. The van der Waals surface area contributed by atoms with Crippen LogP contribution in [0.4, 0.5) is 5.82 Å². The predicted molar refractivity (Wildman–Crippen MR) is 73.0 cm³/mol. The monoisotopic (exact) mass is 252 g/mol. The zero-order valence-electron chi connectivity index (χ0n) is 10.3.